The van der Waals surface area contributed by atoms with E-state index in [1.54, 1.807) is 74.0 Å². The average Bonchev–Trinajstić information content (AvgIpc) is 2.79. The molecule has 2 amide bonds. The number of hydrogen-bond donors (Lipinski definition) is 2. The second-order valence-corrected chi connectivity index (χ2v) is 6.64. The molecule has 31 heavy (non-hydrogen) atoms. The number of urea groups is 1. The first-order valence-electron chi connectivity index (χ1n) is 9.53. The first-order valence-corrected chi connectivity index (χ1v) is 9.53. The third-order valence-corrected chi connectivity index (χ3v) is 4.45. The van der Waals surface area contributed by atoms with Gasteiger partial charge in [0.25, 0.3) is 5.56 Å². The molecule has 0 atom stereocenters. The normalized spacial score (nSPS) is 10.5. The molecule has 0 unspecified atom stereocenters. The number of nitrogens with one attached hydrogen (secondary N) is 2. The van der Waals surface area contributed by atoms with Crippen LogP contribution in [0.3, 0.4) is 0 Å². The summed E-state index contributed by atoms with van der Waals surface area (Å²) in [6.07, 6.45) is 1.67. The van der Waals surface area contributed by atoms with E-state index in [4.69, 9.17) is 9.47 Å². The summed E-state index contributed by atoms with van der Waals surface area (Å²) in [6, 6.07) is 20.4. The molecule has 156 valence electrons. The van der Waals surface area contributed by atoms with Crippen LogP contribution < -0.4 is 25.7 Å². The van der Waals surface area contributed by atoms with Gasteiger partial charge in [0.2, 0.25) is 0 Å². The maximum absolute atomic E-state index is 12.2. The topological polar surface area (TPSA) is 94.0 Å². The number of hydrogen-bond acceptors (Lipinski definition) is 5. The Morgan fingerprint density at radius 1 is 0.935 bits per heavy atom. The fourth-order valence-electron chi connectivity index (χ4n) is 2.96. The number of methoxy groups -OCH3 is 1. The standard InChI is InChI=1S/C23H20N4O4/c1-30-20-6-4-5-17(13-20)26-23(29)25-16-8-10-19(11-9-16)31-15-18-14-22(28)27-12-3-2-7-21(27)24-18/h2-14H,15H2,1H3,(H2,25,26,29). The molecule has 0 fully saturated rings. The molecule has 8 nitrogen and oxygen atoms in total. The van der Waals surface area contributed by atoms with E-state index < -0.39 is 0 Å². The minimum Gasteiger partial charge on any atom is -0.497 e. The van der Waals surface area contributed by atoms with Gasteiger partial charge >= 0.3 is 6.03 Å². The van der Waals surface area contributed by atoms with Crippen LogP contribution in [0, 0.1) is 0 Å². The SMILES string of the molecule is COc1cccc(NC(=O)Nc2ccc(OCc3cc(=O)n4ccccc4n3)cc2)c1. The van der Waals surface area contributed by atoms with Crippen molar-refractivity contribution < 1.29 is 14.3 Å². The highest BCUT2D eigenvalue weighted by Gasteiger charge is 2.06. The summed E-state index contributed by atoms with van der Waals surface area (Å²) in [6.45, 7) is 0.156. The van der Waals surface area contributed by atoms with Gasteiger partial charge in [-0.3, -0.25) is 9.20 Å². The van der Waals surface area contributed by atoms with Crippen LogP contribution in [-0.2, 0) is 6.61 Å². The molecule has 0 bridgehead atoms. The molecule has 0 saturated carbocycles. The zero-order valence-corrected chi connectivity index (χ0v) is 16.7. The van der Waals surface area contributed by atoms with Gasteiger partial charge in [-0.05, 0) is 48.5 Å². The van der Waals surface area contributed by atoms with E-state index in [0.717, 1.165) is 0 Å². The Morgan fingerprint density at radius 2 is 1.74 bits per heavy atom. The third-order valence-electron chi connectivity index (χ3n) is 4.45. The van der Waals surface area contributed by atoms with Gasteiger partial charge in [-0.1, -0.05) is 12.1 Å². The van der Waals surface area contributed by atoms with Crippen molar-refractivity contribution in [2.24, 2.45) is 0 Å². The maximum atomic E-state index is 12.2. The molecule has 0 saturated heterocycles. The predicted octanol–water partition coefficient (Wildman–Crippen LogP) is 3.93. The van der Waals surface area contributed by atoms with Crippen molar-refractivity contribution in [2.45, 2.75) is 6.61 Å². The number of pyridine rings is 1. The van der Waals surface area contributed by atoms with E-state index in [2.05, 4.69) is 15.6 Å². The van der Waals surface area contributed by atoms with Gasteiger partial charge in [0.1, 0.15) is 23.8 Å². The fraction of sp³-hybridized carbons (Fsp3) is 0.0870. The summed E-state index contributed by atoms with van der Waals surface area (Å²) in [7, 11) is 1.57. The van der Waals surface area contributed by atoms with Crippen molar-refractivity contribution in [3.8, 4) is 11.5 Å². The lowest BCUT2D eigenvalue weighted by molar-refractivity contribution is 0.262. The Bertz CT molecular complexity index is 1270. The van der Waals surface area contributed by atoms with Crippen LogP contribution in [0.2, 0.25) is 0 Å². The van der Waals surface area contributed by atoms with Crippen LogP contribution in [0.15, 0.2) is 83.8 Å². The molecule has 4 rings (SSSR count). The summed E-state index contributed by atoms with van der Waals surface area (Å²) in [5.74, 6) is 1.25. The fourth-order valence-corrected chi connectivity index (χ4v) is 2.96. The van der Waals surface area contributed by atoms with Crippen LogP contribution in [-0.4, -0.2) is 22.5 Å². The lowest BCUT2D eigenvalue weighted by Crippen LogP contribution is -2.19. The van der Waals surface area contributed by atoms with Crippen LogP contribution in [0.4, 0.5) is 16.2 Å². The first kappa shape index (κ1) is 20.0. The lowest BCUT2D eigenvalue weighted by atomic mass is 10.3. The maximum Gasteiger partial charge on any atom is 0.323 e. The number of aromatic nitrogens is 2. The van der Waals surface area contributed by atoms with E-state index in [0.29, 0.717) is 34.2 Å². The second kappa shape index (κ2) is 9.00. The molecule has 0 aliphatic heterocycles. The van der Waals surface area contributed by atoms with E-state index in [-0.39, 0.29) is 18.2 Å². The van der Waals surface area contributed by atoms with E-state index in [1.807, 2.05) is 6.07 Å². The molecular formula is C23H20N4O4. The Kier molecular flexibility index (Phi) is 5.79. The lowest BCUT2D eigenvalue weighted by Gasteiger charge is -2.10. The van der Waals surface area contributed by atoms with Gasteiger partial charge in [-0.15, -0.1) is 0 Å². The summed E-state index contributed by atoms with van der Waals surface area (Å²) in [5.41, 5.74) is 2.17. The number of ether oxygens (including phenoxy) is 2. The Balaban J connectivity index is 1.35. The molecule has 8 heteroatoms. The van der Waals surface area contributed by atoms with Gasteiger partial charge in [0, 0.05) is 29.7 Å². The average molecular weight is 416 g/mol. The summed E-state index contributed by atoms with van der Waals surface area (Å²) >= 11 is 0. The molecule has 0 spiro atoms. The smallest absolute Gasteiger partial charge is 0.323 e. The quantitative estimate of drug-likeness (QED) is 0.497. The van der Waals surface area contributed by atoms with Gasteiger partial charge in [0.15, 0.2) is 0 Å². The molecule has 2 aromatic heterocycles. The van der Waals surface area contributed by atoms with Crippen LogP contribution in [0.1, 0.15) is 5.69 Å². The minimum absolute atomic E-state index is 0.156. The number of carbonyl (C=O) groups excluding carboxylic acids is 1. The van der Waals surface area contributed by atoms with Gasteiger partial charge in [0.05, 0.1) is 12.8 Å². The second-order valence-electron chi connectivity index (χ2n) is 6.64. The number of anilines is 2. The Morgan fingerprint density at radius 3 is 2.55 bits per heavy atom. The van der Waals surface area contributed by atoms with E-state index >= 15 is 0 Å². The van der Waals surface area contributed by atoms with Gasteiger partial charge in [-0.2, -0.15) is 0 Å². The Hall–Kier alpha value is -4.33. The van der Waals surface area contributed by atoms with Crippen molar-refractivity contribution >= 4 is 23.1 Å². The van der Waals surface area contributed by atoms with Crippen molar-refractivity contribution in [1.82, 2.24) is 9.38 Å². The number of amides is 2. The number of carbonyl (C=O) groups is 1. The number of benzene rings is 2. The zero-order chi connectivity index (χ0) is 21.6. The molecule has 0 radical (unpaired) electrons. The molecule has 2 heterocycles. The van der Waals surface area contributed by atoms with E-state index in [9.17, 15) is 9.59 Å². The molecule has 2 N–H and O–H groups in total. The highest BCUT2D eigenvalue weighted by atomic mass is 16.5. The highest BCUT2D eigenvalue weighted by Crippen LogP contribution is 2.19. The van der Waals surface area contributed by atoms with Crippen molar-refractivity contribution in [3.63, 3.8) is 0 Å². The monoisotopic (exact) mass is 416 g/mol. The summed E-state index contributed by atoms with van der Waals surface area (Å²) in [5, 5.41) is 5.50. The Labute approximate surface area is 178 Å². The summed E-state index contributed by atoms with van der Waals surface area (Å²) in [4.78, 5) is 28.7. The number of rotatable bonds is 6. The molecular weight excluding hydrogens is 396 g/mol. The van der Waals surface area contributed by atoms with Crippen molar-refractivity contribution in [3.05, 3.63) is 95.0 Å². The minimum atomic E-state index is -0.372. The molecule has 4 aromatic rings. The molecule has 2 aromatic carbocycles. The van der Waals surface area contributed by atoms with Crippen LogP contribution >= 0.6 is 0 Å². The molecule has 0 aliphatic rings. The van der Waals surface area contributed by atoms with E-state index in [1.165, 1.54) is 10.5 Å². The predicted molar refractivity (Wildman–Crippen MR) is 118 cm³/mol. The number of nitrogens with zero attached hydrogens (tertiary/aromatic N) is 2. The van der Waals surface area contributed by atoms with Crippen molar-refractivity contribution in [2.75, 3.05) is 17.7 Å². The highest BCUT2D eigenvalue weighted by molar-refractivity contribution is 5.99. The van der Waals surface area contributed by atoms with Gasteiger partial charge < -0.3 is 20.1 Å². The van der Waals surface area contributed by atoms with Crippen LogP contribution in [0.25, 0.3) is 5.65 Å². The first-order chi connectivity index (χ1) is 15.1. The summed E-state index contributed by atoms with van der Waals surface area (Å²) < 4.78 is 12.3. The molecule has 0 aliphatic carbocycles. The van der Waals surface area contributed by atoms with Gasteiger partial charge in [-0.25, -0.2) is 9.78 Å². The third kappa shape index (κ3) is 4.99. The number of fused-ring (bicyclic) bond motifs is 1. The van der Waals surface area contributed by atoms with Crippen LogP contribution in [0.5, 0.6) is 11.5 Å². The largest absolute Gasteiger partial charge is 0.497 e. The zero-order valence-electron chi connectivity index (χ0n) is 16.7. The van der Waals surface area contributed by atoms with Crippen molar-refractivity contribution in [1.29, 1.82) is 0 Å².